The quantitative estimate of drug-likeness (QED) is 0.699. The molecule has 2 atom stereocenters. The molecule has 4 heteroatoms. The smallest absolute Gasteiger partial charge is 0.249 e. The fourth-order valence-electron chi connectivity index (χ4n) is 2.41. The molecule has 0 saturated heterocycles. The third-order valence-electron chi connectivity index (χ3n) is 3.51. The van der Waals surface area contributed by atoms with Gasteiger partial charge in [-0.05, 0) is 39.0 Å². The van der Waals surface area contributed by atoms with Gasteiger partial charge >= 0.3 is 0 Å². The second-order valence-corrected chi connectivity index (χ2v) is 5.21. The van der Waals surface area contributed by atoms with Gasteiger partial charge in [-0.3, -0.25) is 4.79 Å². The predicted octanol–water partition coefficient (Wildman–Crippen LogP) is 2.00. The van der Waals surface area contributed by atoms with Crippen LogP contribution in [0.25, 0.3) is 0 Å². The summed E-state index contributed by atoms with van der Waals surface area (Å²) in [7, 11) is 0. The van der Waals surface area contributed by atoms with Gasteiger partial charge in [-0.2, -0.15) is 0 Å². The summed E-state index contributed by atoms with van der Waals surface area (Å²) in [5.41, 5.74) is 0. The topological polar surface area (TPSA) is 58.6 Å². The first-order chi connectivity index (χ1) is 8.67. The summed E-state index contributed by atoms with van der Waals surface area (Å²) in [4.78, 5) is 12.0. The summed E-state index contributed by atoms with van der Waals surface area (Å²) < 4.78 is 5.87. The molecule has 2 N–H and O–H groups in total. The van der Waals surface area contributed by atoms with E-state index < -0.39 is 0 Å². The van der Waals surface area contributed by atoms with Gasteiger partial charge in [0.25, 0.3) is 0 Å². The van der Waals surface area contributed by atoms with Crippen LogP contribution in [0.1, 0.15) is 58.8 Å². The van der Waals surface area contributed by atoms with Crippen LogP contribution >= 0.6 is 0 Å². The molecule has 106 valence electrons. The molecule has 0 spiro atoms. The Morgan fingerprint density at radius 3 is 2.67 bits per heavy atom. The van der Waals surface area contributed by atoms with Crippen LogP contribution in [-0.4, -0.2) is 35.9 Å². The monoisotopic (exact) mass is 257 g/mol. The van der Waals surface area contributed by atoms with Gasteiger partial charge < -0.3 is 15.2 Å². The van der Waals surface area contributed by atoms with E-state index in [9.17, 15) is 4.79 Å². The summed E-state index contributed by atoms with van der Waals surface area (Å²) in [5.74, 6) is -0.00478. The van der Waals surface area contributed by atoms with Crippen LogP contribution in [0.15, 0.2) is 0 Å². The molecule has 0 aromatic rings. The normalized spacial score (nSPS) is 19.7. The summed E-state index contributed by atoms with van der Waals surface area (Å²) in [6.07, 6.45) is 6.82. The Morgan fingerprint density at radius 1 is 1.44 bits per heavy atom. The van der Waals surface area contributed by atoms with Crippen molar-refractivity contribution in [3.05, 3.63) is 0 Å². The van der Waals surface area contributed by atoms with Crippen molar-refractivity contribution in [1.29, 1.82) is 0 Å². The zero-order valence-corrected chi connectivity index (χ0v) is 11.7. The van der Waals surface area contributed by atoms with Gasteiger partial charge in [0, 0.05) is 12.6 Å². The molecule has 0 aromatic heterocycles. The molecule has 1 rings (SSSR count). The number of aliphatic hydroxyl groups is 1. The number of hydrogen-bond donors (Lipinski definition) is 2. The van der Waals surface area contributed by atoms with Crippen LogP contribution in [0.3, 0.4) is 0 Å². The Kier molecular flexibility index (Phi) is 7.28. The molecule has 1 aliphatic carbocycles. The van der Waals surface area contributed by atoms with Crippen LogP contribution < -0.4 is 5.32 Å². The summed E-state index contributed by atoms with van der Waals surface area (Å²) in [6, 6.07) is 0.103. The van der Waals surface area contributed by atoms with Gasteiger partial charge in [0.1, 0.15) is 6.10 Å². The van der Waals surface area contributed by atoms with E-state index in [0.717, 1.165) is 32.1 Å². The molecule has 0 radical (unpaired) electrons. The minimum atomic E-state index is -0.315. The Balaban J connectivity index is 2.31. The van der Waals surface area contributed by atoms with Gasteiger partial charge in [0.2, 0.25) is 5.91 Å². The third-order valence-corrected chi connectivity index (χ3v) is 3.51. The Morgan fingerprint density at radius 2 is 2.11 bits per heavy atom. The first-order valence-electron chi connectivity index (χ1n) is 7.24. The van der Waals surface area contributed by atoms with Crippen LogP contribution in [0.2, 0.25) is 0 Å². The second-order valence-electron chi connectivity index (χ2n) is 5.21. The molecule has 0 aliphatic heterocycles. The average Bonchev–Trinajstić information content (AvgIpc) is 2.86. The van der Waals surface area contributed by atoms with E-state index in [1.54, 1.807) is 0 Å². The van der Waals surface area contributed by atoms with E-state index in [2.05, 4.69) is 5.32 Å². The van der Waals surface area contributed by atoms with Crippen LogP contribution in [-0.2, 0) is 9.53 Å². The van der Waals surface area contributed by atoms with E-state index in [1.807, 2.05) is 13.8 Å². The zero-order valence-electron chi connectivity index (χ0n) is 11.7. The number of aliphatic hydroxyl groups excluding tert-OH is 1. The van der Waals surface area contributed by atoms with Crippen molar-refractivity contribution in [3.63, 3.8) is 0 Å². The molecule has 18 heavy (non-hydrogen) atoms. The highest BCUT2D eigenvalue weighted by Gasteiger charge is 2.24. The lowest BCUT2D eigenvalue weighted by molar-refractivity contribution is -0.137. The molecule has 0 aromatic carbocycles. The second kappa shape index (κ2) is 8.48. The maximum Gasteiger partial charge on any atom is 0.249 e. The van der Waals surface area contributed by atoms with Crippen molar-refractivity contribution < 1.29 is 14.6 Å². The molecule has 2 unspecified atom stereocenters. The average molecular weight is 257 g/mol. The first kappa shape index (κ1) is 15.4. The molecular formula is C14H27NO3. The van der Waals surface area contributed by atoms with E-state index in [1.165, 1.54) is 12.8 Å². The highest BCUT2D eigenvalue weighted by Crippen LogP contribution is 2.23. The molecule has 4 nitrogen and oxygen atoms in total. The van der Waals surface area contributed by atoms with Crippen molar-refractivity contribution in [1.82, 2.24) is 5.32 Å². The van der Waals surface area contributed by atoms with E-state index in [4.69, 9.17) is 9.84 Å². The van der Waals surface area contributed by atoms with E-state index in [-0.39, 0.29) is 30.8 Å². The molecule has 1 saturated carbocycles. The highest BCUT2D eigenvalue weighted by molar-refractivity contribution is 5.80. The molecule has 1 amide bonds. The number of rotatable bonds is 8. The van der Waals surface area contributed by atoms with Crippen molar-refractivity contribution in [3.8, 4) is 0 Å². The van der Waals surface area contributed by atoms with Crippen molar-refractivity contribution >= 4 is 5.91 Å². The lowest BCUT2D eigenvalue weighted by Gasteiger charge is -2.22. The predicted molar refractivity (Wildman–Crippen MR) is 71.3 cm³/mol. The maximum absolute atomic E-state index is 12.0. The van der Waals surface area contributed by atoms with Crippen LogP contribution in [0.4, 0.5) is 0 Å². The minimum absolute atomic E-state index is 0.00478. The number of amides is 1. The number of ether oxygens (including phenoxy) is 1. The fourth-order valence-corrected chi connectivity index (χ4v) is 2.41. The van der Waals surface area contributed by atoms with E-state index >= 15 is 0 Å². The Hall–Kier alpha value is -0.610. The summed E-state index contributed by atoms with van der Waals surface area (Å²) in [5, 5.41) is 11.7. The van der Waals surface area contributed by atoms with Crippen molar-refractivity contribution in [2.24, 2.45) is 0 Å². The van der Waals surface area contributed by atoms with Crippen molar-refractivity contribution in [2.45, 2.75) is 77.0 Å². The standard InChI is InChI=1S/C14H27NO3/c1-3-13(18-12-8-4-5-9-12)14(17)15-11(2)7-6-10-16/h11-13,16H,3-10H2,1-2H3,(H,15,17). The molecule has 0 heterocycles. The number of carbonyl (C=O) groups excluding carboxylic acids is 1. The van der Waals surface area contributed by atoms with E-state index in [0.29, 0.717) is 0 Å². The van der Waals surface area contributed by atoms with Gasteiger partial charge in [0.15, 0.2) is 0 Å². The maximum atomic E-state index is 12.0. The van der Waals surface area contributed by atoms with Crippen LogP contribution in [0, 0.1) is 0 Å². The molecular weight excluding hydrogens is 230 g/mol. The number of hydrogen-bond acceptors (Lipinski definition) is 3. The first-order valence-corrected chi connectivity index (χ1v) is 7.24. The van der Waals surface area contributed by atoms with Gasteiger partial charge in [-0.1, -0.05) is 19.8 Å². The van der Waals surface area contributed by atoms with Gasteiger partial charge in [-0.15, -0.1) is 0 Å². The molecule has 1 fully saturated rings. The molecule has 0 bridgehead atoms. The lowest BCUT2D eigenvalue weighted by atomic mass is 10.1. The minimum Gasteiger partial charge on any atom is -0.396 e. The Bertz CT molecular complexity index is 239. The van der Waals surface area contributed by atoms with Crippen molar-refractivity contribution in [2.75, 3.05) is 6.61 Å². The fraction of sp³-hybridized carbons (Fsp3) is 0.929. The lowest BCUT2D eigenvalue weighted by Crippen LogP contribution is -2.42. The summed E-state index contributed by atoms with van der Waals surface area (Å²) >= 11 is 0. The molecule has 1 aliphatic rings. The number of nitrogens with one attached hydrogen (secondary N) is 1. The SMILES string of the molecule is CCC(OC1CCCC1)C(=O)NC(C)CCCO. The zero-order chi connectivity index (χ0) is 13.4. The van der Waals surface area contributed by atoms with Gasteiger partial charge in [-0.25, -0.2) is 0 Å². The Labute approximate surface area is 110 Å². The van der Waals surface area contributed by atoms with Crippen LogP contribution in [0.5, 0.6) is 0 Å². The highest BCUT2D eigenvalue weighted by atomic mass is 16.5. The summed E-state index contributed by atoms with van der Waals surface area (Å²) in [6.45, 7) is 4.13. The largest absolute Gasteiger partial charge is 0.396 e. The van der Waals surface area contributed by atoms with Gasteiger partial charge in [0.05, 0.1) is 6.10 Å². The third kappa shape index (κ3) is 5.36. The number of carbonyl (C=O) groups is 1.